The molecular formula is C43H79NO8. The molecule has 7 atom stereocenters. The summed E-state index contributed by atoms with van der Waals surface area (Å²) >= 11 is 0. The molecule has 9 nitrogen and oxygen atoms in total. The molecule has 1 amide bonds. The van der Waals surface area contributed by atoms with Crippen LogP contribution in [-0.4, -0.2) is 87.5 Å². The third-order valence-corrected chi connectivity index (χ3v) is 9.94. The van der Waals surface area contributed by atoms with Gasteiger partial charge < -0.3 is 40.3 Å². The lowest BCUT2D eigenvalue weighted by molar-refractivity contribution is -0.302. The van der Waals surface area contributed by atoms with Crippen molar-refractivity contribution in [2.75, 3.05) is 13.2 Å². The standard InChI is InChI=1S/C43H79NO8/c1-3-5-7-9-11-13-15-16-17-18-19-20-21-22-23-25-27-29-31-33-39(47)44-36(35-51-43-42(50)41(49)40(48)38(34-45)52-43)37(46)32-30-28-26-24-14-12-10-8-6-4-2/h14,16-17,24,30,32,36-38,40-43,45-46,48-50H,3-13,15,18-23,25-29,31,33-35H2,1-2H3,(H,44,47)/b17-16+,24-14+,32-30+/t36-,37+,38-,40-,41?,42?,43-/m0/s1. The van der Waals surface area contributed by atoms with Gasteiger partial charge in [-0.15, -0.1) is 0 Å². The summed E-state index contributed by atoms with van der Waals surface area (Å²) in [6.45, 7) is 3.70. The number of carbonyl (C=O) groups is 1. The summed E-state index contributed by atoms with van der Waals surface area (Å²) < 4.78 is 11.1. The van der Waals surface area contributed by atoms with Crippen LogP contribution in [0, 0.1) is 0 Å². The summed E-state index contributed by atoms with van der Waals surface area (Å²) in [7, 11) is 0. The number of unbranched alkanes of at least 4 members (excludes halogenated alkanes) is 20. The van der Waals surface area contributed by atoms with E-state index in [2.05, 4.69) is 43.5 Å². The predicted octanol–water partition coefficient (Wildman–Crippen LogP) is 8.11. The van der Waals surface area contributed by atoms with Crippen LogP contribution in [0.15, 0.2) is 36.5 Å². The Morgan fingerprint density at radius 3 is 1.63 bits per heavy atom. The number of aliphatic hydroxyl groups excluding tert-OH is 5. The van der Waals surface area contributed by atoms with E-state index in [-0.39, 0.29) is 12.5 Å². The van der Waals surface area contributed by atoms with Crippen LogP contribution < -0.4 is 5.32 Å². The summed E-state index contributed by atoms with van der Waals surface area (Å²) in [6, 6.07) is -0.818. The number of ether oxygens (including phenoxy) is 2. The monoisotopic (exact) mass is 738 g/mol. The van der Waals surface area contributed by atoms with E-state index in [1.54, 1.807) is 6.08 Å². The van der Waals surface area contributed by atoms with E-state index >= 15 is 0 Å². The Morgan fingerprint density at radius 2 is 1.10 bits per heavy atom. The molecule has 304 valence electrons. The number of nitrogens with one attached hydrogen (secondary N) is 1. The van der Waals surface area contributed by atoms with E-state index in [4.69, 9.17) is 9.47 Å². The molecule has 52 heavy (non-hydrogen) atoms. The molecule has 9 heteroatoms. The van der Waals surface area contributed by atoms with Gasteiger partial charge in [-0.2, -0.15) is 0 Å². The fourth-order valence-electron chi connectivity index (χ4n) is 6.46. The second kappa shape index (κ2) is 33.9. The fourth-order valence-corrected chi connectivity index (χ4v) is 6.46. The summed E-state index contributed by atoms with van der Waals surface area (Å²) in [5.41, 5.74) is 0. The second-order valence-electron chi connectivity index (χ2n) is 14.8. The molecule has 1 aliphatic heterocycles. The third-order valence-electron chi connectivity index (χ3n) is 9.94. The summed E-state index contributed by atoms with van der Waals surface area (Å²) in [5, 5.41) is 53.9. The quantitative estimate of drug-likeness (QED) is 0.0287. The molecule has 0 aliphatic carbocycles. The van der Waals surface area contributed by atoms with Gasteiger partial charge in [-0.05, 0) is 57.8 Å². The lowest BCUT2D eigenvalue weighted by atomic mass is 9.99. The molecule has 0 bridgehead atoms. The average molecular weight is 738 g/mol. The first-order valence-electron chi connectivity index (χ1n) is 21.2. The number of rotatable bonds is 34. The lowest BCUT2D eigenvalue weighted by Gasteiger charge is -2.40. The Kier molecular flexibility index (Phi) is 31.6. The molecule has 2 unspecified atom stereocenters. The average Bonchev–Trinajstić information content (AvgIpc) is 3.14. The van der Waals surface area contributed by atoms with Gasteiger partial charge >= 0.3 is 0 Å². The summed E-state index contributed by atoms with van der Waals surface area (Å²) in [4.78, 5) is 12.9. The molecular weight excluding hydrogens is 658 g/mol. The van der Waals surface area contributed by atoms with Gasteiger partial charge in [-0.25, -0.2) is 0 Å². The predicted molar refractivity (Wildman–Crippen MR) is 212 cm³/mol. The third kappa shape index (κ3) is 24.7. The van der Waals surface area contributed by atoms with E-state index in [1.807, 2.05) is 6.08 Å². The molecule has 1 heterocycles. The largest absolute Gasteiger partial charge is 0.394 e. The second-order valence-corrected chi connectivity index (χ2v) is 14.8. The van der Waals surface area contributed by atoms with E-state index in [1.165, 1.54) is 116 Å². The molecule has 0 aromatic rings. The van der Waals surface area contributed by atoms with Gasteiger partial charge in [-0.3, -0.25) is 4.79 Å². The first kappa shape index (κ1) is 48.4. The van der Waals surface area contributed by atoms with Gasteiger partial charge in [0.2, 0.25) is 5.91 Å². The molecule has 0 aromatic heterocycles. The first-order valence-corrected chi connectivity index (χ1v) is 21.2. The Hall–Kier alpha value is -1.59. The van der Waals surface area contributed by atoms with E-state index in [0.717, 1.165) is 38.5 Å². The maximum atomic E-state index is 12.9. The maximum Gasteiger partial charge on any atom is 0.220 e. The molecule has 1 saturated heterocycles. The van der Waals surface area contributed by atoms with Gasteiger partial charge in [0.25, 0.3) is 0 Å². The smallest absolute Gasteiger partial charge is 0.220 e. The topological polar surface area (TPSA) is 149 Å². The summed E-state index contributed by atoms with van der Waals surface area (Å²) in [6.07, 6.45) is 33.4. The van der Waals surface area contributed by atoms with Gasteiger partial charge in [0.1, 0.15) is 24.4 Å². The van der Waals surface area contributed by atoms with Crippen LogP contribution in [0.3, 0.4) is 0 Å². The highest BCUT2D eigenvalue weighted by Gasteiger charge is 2.44. The van der Waals surface area contributed by atoms with Gasteiger partial charge in [0.15, 0.2) is 6.29 Å². The highest BCUT2D eigenvalue weighted by molar-refractivity contribution is 5.76. The Labute approximate surface area is 317 Å². The van der Waals surface area contributed by atoms with Crippen molar-refractivity contribution in [1.29, 1.82) is 0 Å². The van der Waals surface area contributed by atoms with Crippen LogP contribution >= 0.6 is 0 Å². The van der Waals surface area contributed by atoms with Crippen LogP contribution in [0.1, 0.15) is 174 Å². The number of hydrogen-bond donors (Lipinski definition) is 6. The minimum absolute atomic E-state index is 0.193. The number of hydrogen-bond acceptors (Lipinski definition) is 8. The number of aliphatic hydroxyl groups is 5. The maximum absolute atomic E-state index is 12.9. The van der Waals surface area contributed by atoms with Crippen molar-refractivity contribution in [2.24, 2.45) is 0 Å². The number of carbonyl (C=O) groups excluding carboxylic acids is 1. The molecule has 1 fully saturated rings. The summed E-state index contributed by atoms with van der Waals surface area (Å²) in [5.74, 6) is -0.193. The van der Waals surface area contributed by atoms with Crippen molar-refractivity contribution in [1.82, 2.24) is 5.32 Å². The minimum atomic E-state index is -1.57. The normalized spacial score (nSPS) is 22.2. The molecule has 0 spiro atoms. The van der Waals surface area contributed by atoms with Gasteiger partial charge in [-0.1, -0.05) is 147 Å². The molecule has 0 aromatic carbocycles. The number of allylic oxidation sites excluding steroid dienone is 5. The SMILES string of the molecule is CCCCCC/C=C/CC/C=C/[C@@H](O)[C@H](CO[C@H]1O[C@@H](CO)[C@H](O)C(O)C1O)NC(=O)CCCCCCCCCCC/C=C/CCCCCCCC. The van der Waals surface area contributed by atoms with Crippen LogP contribution in [-0.2, 0) is 14.3 Å². The van der Waals surface area contributed by atoms with Crippen LogP contribution in [0.4, 0.5) is 0 Å². The van der Waals surface area contributed by atoms with E-state index in [0.29, 0.717) is 6.42 Å². The highest BCUT2D eigenvalue weighted by Crippen LogP contribution is 2.22. The van der Waals surface area contributed by atoms with Gasteiger partial charge in [0, 0.05) is 6.42 Å². The molecule has 1 aliphatic rings. The van der Waals surface area contributed by atoms with Crippen LogP contribution in [0.25, 0.3) is 0 Å². The van der Waals surface area contributed by atoms with Gasteiger partial charge in [0.05, 0.1) is 25.4 Å². The highest BCUT2D eigenvalue weighted by atomic mass is 16.7. The Balaban J connectivity index is 2.36. The molecule has 1 rings (SSSR count). The van der Waals surface area contributed by atoms with Crippen LogP contribution in [0.5, 0.6) is 0 Å². The zero-order valence-electron chi connectivity index (χ0n) is 33.1. The zero-order valence-corrected chi connectivity index (χ0v) is 33.1. The van der Waals surface area contributed by atoms with E-state index in [9.17, 15) is 30.3 Å². The first-order chi connectivity index (χ1) is 25.3. The zero-order chi connectivity index (χ0) is 38.1. The van der Waals surface area contributed by atoms with Crippen molar-refractivity contribution in [3.05, 3.63) is 36.5 Å². The van der Waals surface area contributed by atoms with Crippen molar-refractivity contribution < 1.29 is 39.8 Å². The minimum Gasteiger partial charge on any atom is -0.394 e. The molecule has 0 saturated carbocycles. The molecule has 0 radical (unpaired) electrons. The van der Waals surface area contributed by atoms with Crippen molar-refractivity contribution in [3.63, 3.8) is 0 Å². The van der Waals surface area contributed by atoms with E-state index < -0.39 is 49.5 Å². The lowest BCUT2D eigenvalue weighted by Crippen LogP contribution is -2.60. The number of amides is 1. The Bertz CT molecular complexity index is 910. The molecule has 6 N–H and O–H groups in total. The Morgan fingerprint density at radius 1 is 0.635 bits per heavy atom. The van der Waals surface area contributed by atoms with Crippen LogP contribution in [0.2, 0.25) is 0 Å². The van der Waals surface area contributed by atoms with Crippen molar-refractivity contribution in [2.45, 2.75) is 217 Å². The fraction of sp³-hybridized carbons (Fsp3) is 0.837. The van der Waals surface area contributed by atoms with Crippen molar-refractivity contribution in [3.8, 4) is 0 Å². The van der Waals surface area contributed by atoms with Crippen molar-refractivity contribution >= 4 is 5.91 Å².